The van der Waals surface area contributed by atoms with Crippen molar-refractivity contribution < 1.29 is 0 Å². The van der Waals surface area contributed by atoms with Crippen LogP contribution in [0, 0.1) is 10.8 Å². The first-order valence-electron chi connectivity index (χ1n) is 21.2. The molecule has 0 saturated carbocycles. The Morgan fingerprint density at radius 1 is 0.288 bits per heavy atom. The van der Waals surface area contributed by atoms with E-state index in [-0.39, 0.29) is 16.2 Å². The van der Waals surface area contributed by atoms with Crippen molar-refractivity contribution in [1.82, 2.24) is 0 Å². The molecule has 0 amide bonds. The van der Waals surface area contributed by atoms with Crippen LogP contribution in [0.1, 0.15) is 52.7 Å². The van der Waals surface area contributed by atoms with Crippen molar-refractivity contribution in [2.45, 2.75) is 47.0 Å². The molecule has 0 N–H and O–H groups in total. The van der Waals surface area contributed by atoms with Crippen LogP contribution in [0.3, 0.4) is 0 Å². The summed E-state index contributed by atoms with van der Waals surface area (Å²) in [5.74, 6) is 0. The van der Waals surface area contributed by atoms with E-state index in [9.17, 15) is 0 Å². The third kappa shape index (κ3) is 4.96. The molecule has 0 atom stereocenters. The zero-order valence-corrected chi connectivity index (χ0v) is 34.8. The molecule has 10 aromatic rings. The first kappa shape index (κ1) is 35.6. The first-order valence-corrected chi connectivity index (χ1v) is 21.2. The van der Waals surface area contributed by atoms with Crippen molar-refractivity contribution >= 4 is 53.9 Å². The third-order valence-electron chi connectivity index (χ3n) is 13.7. The van der Waals surface area contributed by atoms with Crippen LogP contribution >= 0.6 is 0 Å². The van der Waals surface area contributed by atoms with Crippen LogP contribution in [-0.4, -0.2) is 0 Å². The third-order valence-corrected chi connectivity index (χ3v) is 13.7. The minimum atomic E-state index is -0.275. The summed E-state index contributed by atoms with van der Waals surface area (Å²) in [7, 11) is 0. The SMILES string of the molecule is CC(C)(C)C1(C(C)(C)C)c2c(ccc3cc(-c4cccc(-c5c6ccccc6c(-c6ccccc6)c6ccccc56)c4)ccc23)-c2c1c1ccccc1c1ccccc21. The second kappa shape index (κ2) is 12.7. The second-order valence-corrected chi connectivity index (χ2v) is 18.8. The highest BCUT2D eigenvalue weighted by Gasteiger charge is 2.59. The molecule has 0 aliphatic heterocycles. The fourth-order valence-electron chi connectivity index (χ4n) is 11.9. The Hall–Kier alpha value is -6.50. The summed E-state index contributed by atoms with van der Waals surface area (Å²) in [5, 5.41) is 13.1. The van der Waals surface area contributed by atoms with Crippen LogP contribution in [0.5, 0.6) is 0 Å². The van der Waals surface area contributed by atoms with Gasteiger partial charge in [0.25, 0.3) is 0 Å². The molecule has 0 unspecified atom stereocenters. The smallest absolute Gasteiger partial charge is 0.0324 e. The summed E-state index contributed by atoms with van der Waals surface area (Å²) in [6, 6.07) is 68.3. The van der Waals surface area contributed by atoms with Crippen molar-refractivity contribution in [3.05, 3.63) is 193 Å². The zero-order valence-electron chi connectivity index (χ0n) is 34.8. The Morgan fingerprint density at radius 3 is 1.31 bits per heavy atom. The molecule has 10 aromatic carbocycles. The normalized spacial score (nSPS) is 13.7. The molecular weight excluding hydrogens is 709 g/mol. The molecule has 0 radical (unpaired) electrons. The molecule has 0 aromatic heterocycles. The molecule has 0 saturated heterocycles. The largest absolute Gasteiger partial charge is 0.0622 e. The molecule has 1 aliphatic carbocycles. The van der Waals surface area contributed by atoms with Gasteiger partial charge in [0.05, 0.1) is 0 Å². The number of benzene rings is 10. The molecule has 0 nitrogen and oxygen atoms in total. The highest BCUT2D eigenvalue weighted by molar-refractivity contribution is 6.22. The van der Waals surface area contributed by atoms with Gasteiger partial charge >= 0.3 is 0 Å². The van der Waals surface area contributed by atoms with Gasteiger partial charge in [0.15, 0.2) is 0 Å². The minimum Gasteiger partial charge on any atom is -0.0622 e. The van der Waals surface area contributed by atoms with Crippen molar-refractivity contribution in [2.24, 2.45) is 10.8 Å². The van der Waals surface area contributed by atoms with Gasteiger partial charge in [-0.15, -0.1) is 0 Å². The quantitative estimate of drug-likeness (QED) is 0.124. The van der Waals surface area contributed by atoms with E-state index in [0.29, 0.717) is 0 Å². The van der Waals surface area contributed by atoms with E-state index >= 15 is 0 Å². The van der Waals surface area contributed by atoms with Gasteiger partial charge in [0, 0.05) is 5.41 Å². The van der Waals surface area contributed by atoms with Crippen LogP contribution in [-0.2, 0) is 5.41 Å². The van der Waals surface area contributed by atoms with Gasteiger partial charge in [-0.1, -0.05) is 211 Å². The summed E-state index contributed by atoms with van der Waals surface area (Å²) in [5.41, 5.74) is 12.8. The summed E-state index contributed by atoms with van der Waals surface area (Å²) in [6.07, 6.45) is 0. The maximum absolute atomic E-state index is 2.47. The Kier molecular flexibility index (Phi) is 7.70. The molecule has 11 rings (SSSR count). The number of fused-ring (bicyclic) bond motifs is 12. The number of hydrogen-bond acceptors (Lipinski definition) is 0. The molecule has 59 heavy (non-hydrogen) atoms. The summed E-state index contributed by atoms with van der Waals surface area (Å²) in [6.45, 7) is 14.8. The van der Waals surface area contributed by atoms with Crippen molar-refractivity contribution in [2.75, 3.05) is 0 Å². The molecule has 0 bridgehead atoms. The lowest BCUT2D eigenvalue weighted by Gasteiger charge is -2.54. The van der Waals surface area contributed by atoms with E-state index in [1.54, 1.807) is 0 Å². The van der Waals surface area contributed by atoms with Gasteiger partial charge < -0.3 is 0 Å². The second-order valence-electron chi connectivity index (χ2n) is 18.8. The van der Waals surface area contributed by atoms with Gasteiger partial charge in [-0.3, -0.25) is 0 Å². The maximum Gasteiger partial charge on any atom is 0.0324 e. The average molecular weight is 757 g/mol. The van der Waals surface area contributed by atoms with E-state index in [1.165, 1.54) is 109 Å². The van der Waals surface area contributed by atoms with Crippen LogP contribution < -0.4 is 0 Å². The minimum absolute atomic E-state index is 0.0978. The Balaban J connectivity index is 1.14. The van der Waals surface area contributed by atoms with Gasteiger partial charge in [-0.25, -0.2) is 0 Å². The predicted octanol–water partition coefficient (Wildman–Crippen LogP) is 16.8. The van der Waals surface area contributed by atoms with Crippen molar-refractivity contribution in [1.29, 1.82) is 0 Å². The molecular formula is C59H48. The van der Waals surface area contributed by atoms with Gasteiger partial charge in [0.1, 0.15) is 0 Å². The van der Waals surface area contributed by atoms with Gasteiger partial charge in [-0.05, 0) is 132 Å². The van der Waals surface area contributed by atoms with Crippen LogP contribution in [0.2, 0.25) is 0 Å². The summed E-state index contributed by atoms with van der Waals surface area (Å²) < 4.78 is 0. The molecule has 0 spiro atoms. The summed E-state index contributed by atoms with van der Waals surface area (Å²) in [4.78, 5) is 0. The van der Waals surface area contributed by atoms with Crippen LogP contribution in [0.25, 0.3) is 98.4 Å². The van der Waals surface area contributed by atoms with Gasteiger partial charge in [0.2, 0.25) is 0 Å². The van der Waals surface area contributed by atoms with Crippen LogP contribution in [0.15, 0.2) is 182 Å². The number of hydrogen-bond donors (Lipinski definition) is 0. The Labute approximate surface area is 347 Å². The maximum atomic E-state index is 2.47. The monoisotopic (exact) mass is 756 g/mol. The molecule has 284 valence electrons. The Morgan fingerprint density at radius 2 is 0.729 bits per heavy atom. The molecule has 0 heteroatoms. The lowest BCUT2D eigenvalue weighted by Crippen LogP contribution is -2.50. The predicted molar refractivity (Wildman–Crippen MR) is 255 cm³/mol. The van der Waals surface area contributed by atoms with Crippen molar-refractivity contribution in [3.63, 3.8) is 0 Å². The summed E-state index contributed by atoms with van der Waals surface area (Å²) >= 11 is 0. The average Bonchev–Trinajstić information content (AvgIpc) is 3.60. The fraction of sp³-hybridized carbons (Fsp3) is 0.153. The van der Waals surface area contributed by atoms with Crippen LogP contribution in [0.4, 0.5) is 0 Å². The highest BCUT2D eigenvalue weighted by atomic mass is 14.6. The van der Waals surface area contributed by atoms with E-state index in [4.69, 9.17) is 0 Å². The van der Waals surface area contributed by atoms with E-state index in [2.05, 4.69) is 224 Å². The van der Waals surface area contributed by atoms with E-state index < -0.39 is 0 Å². The first-order chi connectivity index (χ1) is 28.6. The van der Waals surface area contributed by atoms with Crippen molar-refractivity contribution in [3.8, 4) is 44.5 Å². The fourth-order valence-corrected chi connectivity index (χ4v) is 11.9. The lowest BCUT2D eigenvalue weighted by molar-refractivity contribution is 0.0977. The van der Waals surface area contributed by atoms with Gasteiger partial charge in [-0.2, -0.15) is 0 Å². The highest BCUT2D eigenvalue weighted by Crippen LogP contribution is 2.68. The standard InChI is InChI=1S/C59H48/c1-57(2,3)59(58(4,5)6)55-42-33-31-39(35-40(42)32-34-51(55)54-45-25-12-10-23-43(45)44-24-11-17-30-50(44)56(54)59)38-21-18-22-41(36-38)53-48-28-15-13-26-46(48)52(37-19-8-7-9-20-37)47-27-14-16-29-49(47)53/h7-36H,1-6H3. The lowest BCUT2D eigenvalue weighted by atomic mass is 9.49. The van der Waals surface area contributed by atoms with E-state index in [0.717, 1.165) is 0 Å². The zero-order chi connectivity index (χ0) is 40.3. The molecule has 0 fully saturated rings. The van der Waals surface area contributed by atoms with E-state index in [1.807, 2.05) is 0 Å². The molecule has 0 heterocycles. The Bertz CT molecular complexity index is 3260. The number of rotatable bonds is 3. The molecule has 1 aliphatic rings. The topological polar surface area (TPSA) is 0 Å².